The van der Waals surface area contributed by atoms with Crippen LogP contribution in [-0.2, 0) is 4.79 Å². The van der Waals surface area contributed by atoms with Crippen LogP contribution in [0.3, 0.4) is 0 Å². The van der Waals surface area contributed by atoms with E-state index in [1.807, 2.05) is 0 Å². The Hall–Kier alpha value is -2.15. The molecule has 1 aromatic heterocycles. The number of hydrogen-bond acceptors (Lipinski definition) is 5. The maximum Gasteiger partial charge on any atom is 0.254 e. The van der Waals surface area contributed by atoms with Gasteiger partial charge in [-0.3, -0.25) is 14.5 Å². The third kappa shape index (κ3) is 5.19. The average molecular weight is 374 g/mol. The van der Waals surface area contributed by atoms with Gasteiger partial charge in [0.15, 0.2) is 0 Å². The molecule has 2 fully saturated rings. The molecular weight excluding hydrogens is 342 g/mol. The summed E-state index contributed by atoms with van der Waals surface area (Å²) in [4.78, 5) is 33.2. The minimum Gasteiger partial charge on any atom is -0.355 e. The lowest BCUT2D eigenvalue weighted by Crippen LogP contribution is -2.51. The number of piperazine rings is 1. The smallest absolute Gasteiger partial charge is 0.254 e. The molecular formula is C20H31N5O2. The Labute approximate surface area is 161 Å². The molecule has 0 radical (unpaired) electrons. The molecule has 1 aliphatic carbocycles. The van der Waals surface area contributed by atoms with E-state index in [2.05, 4.69) is 32.3 Å². The third-order valence-electron chi connectivity index (χ3n) is 5.60. The number of amides is 2. The van der Waals surface area contributed by atoms with Gasteiger partial charge in [0.1, 0.15) is 5.82 Å². The predicted octanol–water partition coefficient (Wildman–Crippen LogP) is 1.26. The maximum absolute atomic E-state index is 12.4. The quantitative estimate of drug-likeness (QED) is 0.813. The summed E-state index contributed by atoms with van der Waals surface area (Å²) in [6.07, 6.45) is 6.41. The van der Waals surface area contributed by atoms with Crippen LogP contribution in [0.2, 0.25) is 0 Å². The molecule has 1 saturated heterocycles. The number of hydrogen-bond donors (Lipinski definition) is 2. The molecule has 2 aliphatic rings. The largest absolute Gasteiger partial charge is 0.355 e. The summed E-state index contributed by atoms with van der Waals surface area (Å²) < 4.78 is 0. The second kappa shape index (κ2) is 9.17. The Morgan fingerprint density at radius 3 is 2.70 bits per heavy atom. The van der Waals surface area contributed by atoms with Gasteiger partial charge in [0.05, 0.1) is 12.1 Å². The van der Waals surface area contributed by atoms with Crippen molar-refractivity contribution in [3.8, 4) is 0 Å². The average Bonchev–Trinajstić information content (AvgIpc) is 2.68. The number of carbonyl (C=O) groups excluding carboxylic acids is 2. The lowest BCUT2D eigenvalue weighted by Gasteiger charge is -2.36. The lowest BCUT2D eigenvalue weighted by atomic mass is 9.87. The van der Waals surface area contributed by atoms with Crippen LogP contribution in [0.25, 0.3) is 0 Å². The summed E-state index contributed by atoms with van der Waals surface area (Å²) in [6.45, 7) is 5.81. The molecule has 3 rings (SSSR count). The molecule has 0 aromatic carbocycles. The predicted molar refractivity (Wildman–Crippen MR) is 106 cm³/mol. The Bertz CT molecular complexity index is 658. The van der Waals surface area contributed by atoms with Crippen LogP contribution in [0, 0.1) is 5.92 Å². The van der Waals surface area contributed by atoms with Crippen LogP contribution in [0.5, 0.6) is 0 Å². The molecule has 27 heavy (non-hydrogen) atoms. The number of rotatable bonds is 5. The van der Waals surface area contributed by atoms with E-state index in [9.17, 15) is 9.59 Å². The molecule has 0 spiro atoms. The first kappa shape index (κ1) is 19.6. The van der Waals surface area contributed by atoms with Gasteiger partial charge in [-0.15, -0.1) is 0 Å². The van der Waals surface area contributed by atoms with Crippen LogP contribution in [0.1, 0.15) is 43.0 Å². The summed E-state index contributed by atoms with van der Waals surface area (Å²) in [7, 11) is 1.63. The van der Waals surface area contributed by atoms with Crippen LogP contribution < -0.4 is 15.5 Å². The second-order valence-corrected chi connectivity index (χ2v) is 7.75. The number of aromatic nitrogens is 1. The Morgan fingerprint density at radius 1 is 1.22 bits per heavy atom. The highest BCUT2D eigenvalue weighted by Crippen LogP contribution is 2.23. The van der Waals surface area contributed by atoms with Crippen molar-refractivity contribution in [1.82, 2.24) is 20.5 Å². The van der Waals surface area contributed by atoms with E-state index in [4.69, 9.17) is 0 Å². The van der Waals surface area contributed by atoms with Gasteiger partial charge >= 0.3 is 0 Å². The number of anilines is 1. The van der Waals surface area contributed by atoms with Crippen molar-refractivity contribution >= 4 is 17.6 Å². The zero-order valence-corrected chi connectivity index (χ0v) is 16.4. The van der Waals surface area contributed by atoms with Gasteiger partial charge in [0.2, 0.25) is 5.91 Å². The minimum atomic E-state index is -0.124. The number of pyridine rings is 1. The van der Waals surface area contributed by atoms with E-state index in [0.29, 0.717) is 24.1 Å². The molecule has 1 saturated carbocycles. The monoisotopic (exact) mass is 373 g/mol. The Morgan fingerprint density at radius 2 is 2.00 bits per heavy atom. The fraction of sp³-hybridized carbons (Fsp3) is 0.650. The van der Waals surface area contributed by atoms with Gasteiger partial charge < -0.3 is 15.5 Å². The first-order valence-corrected chi connectivity index (χ1v) is 10.0. The molecule has 2 heterocycles. The van der Waals surface area contributed by atoms with E-state index < -0.39 is 0 Å². The highest BCUT2D eigenvalue weighted by Gasteiger charge is 2.25. The van der Waals surface area contributed by atoms with Crippen molar-refractivity contribution in [1.29, 1.82) is 0 Å². The summed E-state index contributed by atoms with van der Waals surface area (Å²) >= 11 is 0. The topological polar surface area (TPSA) is 77.6 Å². The van der Waals surface area contributed by atoms with E-state index in [1.54, 1.807) is 25.4 Å². The van der Waals surface area contributed by atoms with Gasteiger partial charge in [0, 0.05) is 45.5 Å². The number of nitrogens with one attached hydrogen (secondary N) is 2. The van der Waals surface area contributed by atoms with E-state index in [0.717, 1.165) is 44.8 Å². The van der Waals surface area contributed by atoms with E-state index >= 15 is 0 Å². The molecule has 1 aromatic rings. The molecule has 7 nitrogen and oxygen atoms in total. The van der Waals surface area contributed by atoms with Crippen molar-refractivity contribution in [2.45, 2.75) is 38.6 Å². The molecule has 2 unspecified atom stereocenters. The van der Waals surface area contributed by atoms with Crippen LogP contribution >= 0.6 is 0 Å². The van der Waals surface area contributed by atoms with Gasteiger partial charge in [-0.2, -0.15) is 0 Å². The van der Waals surface area contributed by atoms with Crippen molar-refractivity contribution in [3.05, 3.63) is 23.9 Å². The molecule has 2 amide bonds. The number of nitrogens with zero attached hydrogens (tertiary/aromatic N) is 3. The molecule has 7 heteroatoms. The van der Waals surface area contributed by atoms with Gasteiger partial charge in [-0.05, 0) is 30.9 Å². The normalized spacial score (nSPS) is 23.7. The highest BCUT2D eigenvalue weighted by atomic mass is 16.2. The van der Waals surface area contributed by atoms with Gasteiger partial charge in [0.25, 0.3) is 5.91 Å². The van der Waals surface area contributed by atoms with Gasteiger partial charge in [-0.25, -0.2) is 4.98 Å². The van der Waals surface area contributed by atoms with Crippen molar-refractivity contribution in [2.75, 3.05) is 44.7 Å². The third-order valence-corrected chi connectivity index (χ3v) is 5.60. The standard InChI is InChI=1S/C20H31N5O2/c1-15-5-3-6-16(13-15)23-18(26)14-24-9-11-25(12-10-24)19-17(20(27)21-2)7-4-8-22-19/h4,7-8,15-16H,3,5-6,9-14H2,1-2H3,(H,21,27)(H,23,26). The summed E-state index contributed by atoms with van der Waals surface area (Å²) in [6, 6.07) is 3.92. The van der Waals surface area contributed by atoms with Crippen LogP contribution in [-0.4, -0.2) is 67.5 Å². The SMILES string of the molecule is CNC(=O)c1cccnc1N1CCN(CC(=O)NC2CCCC(C)C2)CC1. The summed E-state index contributed by atoms with van der Waals surface area (Å²) in [5.41, 5.74) is 0.595. The number of carbonyl (C=O) groups is 2. The van der Waals surface area contributed by atoms with Crippen molar-refractivity contribution in [2.24, 2.45) is 5.92 Å². The molecule has 2 N–H and O–H groups in total. The van der Waals surface area contributed by atoms with Crippen molar-refractivity contribution in [3.63, 3.8) is 0 Å². The van der Waals surface area contributed by atoms with E-state index in [1.165, 1.54) is 12.8 Å². The molecule has 1 aliphatic heterocycles. The molecule has 2 atom stereocenters. The van der Waals surface area contributed by atoms with E-state index in [-0.39, 0.29) is 11.8 Å². The first-order chi connectivity index (χ1) is 13.1. The van der Waals surface area contributed by atoms with Crippen molar-refractivity contribution < 1.29 is 9.59 Å². The van der Waals surface area contributed by atoms with Gasteiger partial charge in [-0.1, -0.05) is 19.8 Å². The second-order valence-electron chi connectivity index (χ2n) is 7.75. The molecule has 148 valence electrons. The fourth-order valence-electron chi connectivity index (χ4n) is 4.12. The first-order valence-electron chi connectivity index (χ1n) is 10.0. The zero-order valence-electron chi connectivity index (χ0n) is 16.4. The highest BCUT2D eigenvalue weighted by molar-refractivity contribution is 5.98. The lowest BCUT2D eigenvalue weighted by molar-refractivity contribution is -0.123. The minimum absolute atomic E-state index is 0.124. The summed E-state index contributed by atoms with van der Waals surface area (Å²) in [5, 5.41) is 5.88. The van der Waals surface area contributed by atoms with Crippen LogP contribution in [0.15, 0.2) is 18.3 Å². The maximum atomic E-state index is 12.4. The zero-order chi connectivity index (χ0) is 19.2. The summed E-state index contributed by atoms with van der Waals surface area (Å²) in [5.74, 6) is 1.44. The van der Waals surface area contributed by atoms with Crippen LogP contribution in [0.4, 0.5) is 5.82 Å². The Balaban J connectivity index is 1.49. The molecule has 0 bridgehead atoms. The fourth-order valence-corrected chi connectivity index (χ4v) is 4.12. The Kier molecular flexibility index (Phi) is 6.66.